The Morgan fingerprint density at radius 3 is 2.54 bits per heavy atom. The topological polar surface area (TPSA) is 106 Å². The average Bonchev–Trinajstić information content (AvgIpc) is 2.86. The highest BCUT2D eigenvalue weighted by atomic mass is 32.2. The van der Waals surface area contributed by atoms with E-state index in [4.69, 9.17) is 15.2 Å². The highest BCUT2D eigenvalue weighted by molar-refractivity contribution is 7.96. The number of rotatable bonds is 4. The average molecular weight is 486 g/mol. The number of allylic oxidation sites excluding steroid dienone is 2. The molecule has 7 nitrogen and oxygen atoms in total. The van der Waals surface area contributed by atoms with E-state index in [1.807, 2.05) is 49.4 Å². The van der Waals surface area contributed by atoms with Crippen LogP contribution in [0.25, 0.3) is 5.76 Å². The van der Waals surface area contributed by atoms with Crippen molar-refractivity contribution >= 4 is 21.5 Å². The lowest BCUT2D eigenvalue weighted by molar-refractivity contribution is 0.357. The molecule has 0 saturated heterocycles. The lowest BCUT2D eigenvalue weighted by Gasteiger charge is -2.38. The molecular formula is C27H23N3O4S. The third-order valence-electron chi connectivity index (χ3n) is 6.23. The molecule has 0 bridgehead atoms. The minimum Gasteiger partial charge on any atom is -0.497 e. The molecule has 35 heavy (non-hydrogen) atoms. The maximum absolute atomic E-state index is 14.3. The Balaban J connectivity index is 1.74. The quantitative estimate of drug-likeness (QED) is 0.582. The molecule has 2 N–H and O–H groups in total. The molecule has 0 saturated carbocycles. The molecule has 8 heteroatoms. The number of benzene rings is 3. The molecule has 2 aliphatic rings. The van der Waals surface area contributed by atoms with Gasteiger partial charge >= 0.3 is 0 Å². The number of hydrogen-bond acceptors (Lipinski definition) is 6. The smallest absolute Gasteiger partial charge is 0.265 e. The molecule has 0 aromatic heterocycles. The molecule has 0 aliphatic carbocycles. The van der Waals surface area contributed by atoms with Crippen molar-refractivity contribution in [2.45, 2.75) is 19.4 Å². The van der Waals surface area contributed by atoms with Crippen molar-refractivity contribution in [1.29, 1.82) is 5.26 Å². The van der Waals surface area contributed by atoms with Gasteiger partial charge in [-0.1, -0.05) is 54.1 Å². The molecule has 1 unspecified atom stereocenters. The van der Waals surface area contributed by atoms with Gasteiger partial charge in [0.25, 0.3) is 10.0 Å². The van der Waals surface area contributed by atoms with Crippen LogP contribution < -0.4 is 14.8 Å². The van der Waals surface area contributed by atoms with Gasteiger partial charge in [-0.05, 0) is 42.3 Å². The van der Waals surface area contributed by atoms with Crippen molar-refractivity contribution in [3.8, 4) is 11.8 Å². The second kappa shape index (κ2) is 8.53. The van der Waals surface area contributed by atoms with E-state index in [0.717, 1.165) is 11.1 Å². The summed E-state index contributed by atoms with van der Waals surface area (Å²) in [5, 5.41) is 9.95. The third kappa shape index (κ3) is 3.70. The van der Waals surface area contributed by atoms with Crippen LogP contribution in [0.15, 0.2) is 89.2 Å². The van der Waals surface area contributed by atoms with Gasteiger partial charge in [0.15, 0.2) is 5.76 Å². The Morgan fingerprint density at radius 2 is 1.83 bits per heavy atom. The summed E-state index contributed by atoms with van der Waals surface area (Å²) in [5.74, 6) is -0.200. The van der Waals surface area contributed by atoms with Gasteiger partial charge in [0.1, 0.15) is 22.3 Å². The molecule has 0 radical (unpaired) electrons. The fraction of sp³-hybridized carbons (Fsp3) is 0.148. The molecular weight excluding hydrogens is 462 g/mol. The Hall–Kier alpha value is -4.22. The summed E-state index contributed by atoms with van der Waals surface area (Å²) >= 11 is 0. The van der Waals surface area contributed by atoms with Crippen LogP contribution in [0.2, 0.25) is 0 Å². The van der Waals surface area contributed by atoms with Crippen molar-refractivity contribution in [2.75, 3.05) is 11.4 Å². The number of methoxy groups -OCH3 is 1. The van der Waals surface area contributed by atoms with Crippen LogP contribution in [-0.2, 0) is 21.3 Å². The van der Waals surface area contributed by atoms with Gasteiger partial charge in [-0.15, -0.1) is 0 Å². The number of sulfonamides is 1. The molecule has 5 rings (SSSR count). The van der Waals surface area contributed by atoms with Crippen LogP contribution in [0.1, 0.15) is 28.2 Å². The van der Waals surface area contributed by atoms with Gasteiger partial charge in [-0.2, -0.15) is 5.26 Å². The summed E-state index contributed by atoms with van der Waals surface area (Å²) in [4.78, 5) is 0.00805. The standard InChI is InChI=1S/C27H23N3O4S/c1-17-10-12-19(13-11-17)24-22(15-28)27(29)34-25-21-8-3-4-9-23(21)30(35(31,32)26(24)25)16-18-6-5-7-20(14-18)33-2/h3-14,24H,16,29H2,1-2H3. The first kappa shape index (κ1) is 22.6. The summed E-state index contributed by atoms with van der Waals surface area (Å²) in [6, 6.07) is 23.9. The SMILES string of the molecule is COc1cccc(CN2c3ccccc3C3=C(C(c4ccc(C)cc4)C(C#N)=C(N)O3)S2(=O)=O)c1. The van der Waals surface area contributed by atoms with Crippen LogP contribution in [0.3, 0.4) is 0 Å². The molecule has 2 heterocycles. The number of ether oxygens (including phenoxy) is 2. The van der Waals surface area contributed by atoms with Crippen molar-refractivity contribution < 1.29 is 17.9 Å². The first-order valence-corrected chi connectivity index (χ1v) is 12.4. The van der Waals surface area contributed by atoms with Gasteiger partial charge in [-0.3, -0.25) is 4.31 Å². The van der Waals surface area contributed by atoms with Crippen LogP contribution >= 0.6 is 0 Å². The van der Waals surface area contributed by atoms with E-state index in [-0.39, 0.29) is 28.7 Å². The number of nitriles is 1. The van der Waals surface area contributed by atoms with Crippen molar-refractivity contribution in [3.63, 3.8) is 0 Å². The van der Waals surface area contributed by atoms with Crippen LogP contribution in [-0.4, -0.2) is 15.5 Å². The molecule has 3 aromatic rings. The number of nitrogens with zero attached hydrogens (tertiary/aromatic N) is 2. The number of aryl methyl sites for hydroxylation is 1. The van der Waals surface area contributed by atoms with Gasteiger partial charge in [0.2, 0.25) is 5.88 Å². The third-order valence-corrected chi connectivity index (χ3v) is 8.11. The van der Waals surface area contributed by atoms with Gasteiger partial charge in [0.05, 0.1) is 25.3 Å². The molecule has 0 amide bonds. The molecule has 176 valence electrons. The Bertz CT molecular complexity index is 1530. The first-order chi connectivity index (χ1) is 16.8. The summed E-state index contributed by atoms with van der Waals surface area (Å²) in [6.45, 7) is 2.02. The zero-order valence-corrected chi connectivity index (χ0v) is 20.0. The minimum atomic E-state index is -4.12. The predicted molar refractivity (Wildman–Crippen MR) is 133 cm³/mol. The second-order valence-corrected chi connectivity index (χ2v) is 10.2. The normalized spacial score (nSPS) is 18.3. The molecule has 1 atom stereocenters. The zero-order valence-electron chi connectivity index (χ0n) is 19.2. The fourth-order valence-electron chi connectivity index (χ4n) is 4.51. The lowest BCUT2D eigenvalue weighted by atomic mass is 9.88. The highest BCUT2D eigenvalue weighted by Gasteiger charge is 2.47. The summed E-state index contributed by atoms with van der Waals surface area (Å²) in [5.41, 5.74) is 9.73. The number of nitrogens with two attached hydrogens (primary N) is 1. The van der Waals surface area contributed by atoms with E-state index < -0.39 is 15.9 Å². The van der Waals surface area contributed by atoms with E-state index in [9.17, 15) is 13.7 Å². The second-order valence-electron chi connectivity index (χ2n) is 8.41. The predicted octanol–water partition coefficient (Wildman–Crippen LogP) is 4.53. The van der Waals surface area contributed by atoms with Crippen LogP contribution in [0, 0.1) is 18.3 Å². The van der Waals surface area contributed by atoms with E-state index in [2.05, 4.69) is 6.07 Å². The van der Waals surface area contributed by atoms with Crippen molar-refractivity contribution in [1.82, 2.24) is 0 Å². The molecule has 0 fully saturated rings. The maximum atomic E-state index is 14.3. The first-order valence-electron chi connectivity index (χ1n) is 11.0. The van der Waals surface area contributed by atoms with Gasteiger partial charge < -0.3 is 15.2 Å². The van der Waals surface area contributed by atoms with Gasteiger partial charge in [-0.25, -0.2) is 8.42 Å². The van der Waals surface area contributed by atoms with Crippen molar-refractivity contribution in [3.05, 3.63) is 111 Å². The number of para-hydroxylation sites is 1. The van der Waals surface area contributed by atoms with Crippen molar-refractivity contribution in [2.24, 2.45) is 5.73 Å². The zero-order chi connectivity index (χ0) is 24.7. The largest absolute Gasteiger partial charge is 0.497 e. The van der Waals surface area contributed by atoms with Crippen LogP contribution in [0.5, 0.6) is 5.75 Å². The minimum absolute atomic E-state index is 0.00805. The van der Waals surface area contributed by atoms with Gasteiger partial charge in [0, 0.05) is 5.56 Å². The monoisotopic (exact) mass is 485 g/mol. The number of hydrogen-bond donors (Lipinski definition) is 1. The summed E-state index contributed by atoms with van der Waals surface area (Å²) in [6.07, 6.45) is 0. The summed E-state index contributed by atoms with van der Waals surface area (Å²) < 4.78 is 41.1. The highest BCUT2D eigenvalue weighted by Crippen LogP contribution is 2.51. The molecule has 3 aromatic carbocycles. The number of fused-ring (bicyclic) bond motifs is 2. The van der Waals surface area contributed by atoms with Crippen LogP contribution in [0.4, 0.5) is 5.69 Å². The Morgan fingerprint density at radius 1 is 1.09 bits per heavy atom. The van der Waals surface area contributed by atoms with E-state index in [1.54, 1.807) is 37.4 Å². The van der Waals surface area contributed by atoms with E-state index in [1.165, 1.54) is 4.31 Å². The fourth-order valence-corrected chi connectivity index (χ4v) is 6.42. The molecule has 0 spiro atoms. The van der Waals surface area contributed by atoms with E-state index >= 15 is 0 Å². The maximum Gasteiger partial charge on any atom is 0.265 e. The van der Waals surface area contributed by atoms with E-state index in [0.29, 0.717) is 22.6 Å². The summed E-state index contributed by atoms with van der Waals surface area (Å²) in [7, 11) is -2.56. The molecule has 2 aliphatic heterocycles. The Kier molecular flexibility index (Phi) is 5.50. The lowest BCUT2D eigenvalue weighted by Crippen LogP contribution is -2.39. The Labute approximate surface area is 204 Å². The number of anilines is 1.